The number of benzene rings is 2. The second-order valence-corrected chi connectivity index (χ2v) is 11.4. The summed E-state index contributed by atoms with van der Waals surface area (Å²) in [4.78, 5) is 15.1. The number of methoxy groups -OCH3 is 1. The Hall–Kier alpha value is -2.73. The molecule has 5 nitrogen and oxygen atoms in total. The van der Waals surface area contributed by atoms with Crippen molar-refractivity contribution in [3.05, 3.63) is 96.1 Å². The topological polar surface area (TPSA) is 70.0 Å². The number of carbonyl (C=O) groups is 1. The number of hydrogen-bond acceptors (Lipinski definition) is 5. The highest BCUT2D eigenvalue weighted by atomic mass is 16.5. The number of piperidine rings is 1. The molecule has 0 aromatic heterocycles. The van der Waals surface area contributed by atoms with E-state index in [1.165, 1.54) is 18.2 Å². The third-order valence-corrected chi connectivity index (χ3v) is 8.71. The summed E-state index contributed by atoms with van der Waals surface area (Å²) in [5.41, 5.74) is 0.202. The van der Waals surface area contributed by atoms with Crippen LogP contribution in [-0.4, -0.2) is 59.0 Å². The maximum Gasteiger partial charge on any atom is 0.314 e. The second kappa shape index (κ2) is 12.4. The van der Waals surface area contributed by atoms with Gasteiger partial charge in [-0.05, 0) is 57.2 Å². The summed E-state index contributed by atoms with van der Waals surface area (Å²) in [6.07, 6.45) is 11.5. The SMILES string of the molecule is COC(=O)C(C)(C)C1(O)C=CC=CC1CCCCN1CCC(O)CC1C(c1ccccc1)c1ccccc1. The molecule has 38 heavy (non-hydrogen) atoms. The van der Waals surface area contributed by atoms with E-state index in [1.54, 1.807) is 19.9 Å². The lowest BCUT2D eigenvalue weighted by Crippen LogP contribution is -2.54. The summed E-state index contributed by atoms with van der Waals surface area (Å²) < 4.78 is 5.02. The van der Waals surface area contributed by atoms with Gasteiger partial charge in [0.05, 0.1) is 18.6 Å². The van der Waals surface area contributed by atoms with Gasteiger partial charge in [0.25, 0.3) is 0 Å². The van der Waals surface area contributed by atoms with E-state index in [9.17, 15) is 15.0 Å². The first-order chi connectivity index (χ1) is 18.3. The van der Waals surface area contributed by atoms with Crippen molar-refractivity contribution in [2.75, 3.05) is 20.2 Å². The third-order valence-electron chi connectivity index (χ3n) is 8.71. The molecule has 4 atom stereocenters. The summed E-state index contributed by atoms with van der Waals surface area (Å²) in [6, 6.07) is 21.5. The largest absolute Gasteiger partial charge is 0.469 e. The van der Waals surface area contributed by atoms with Crippen molar-refractivity contribution >= 4 is 5.97 Å². The Bertz CT molecular complexity index is 1060. The minimum Gasteiger partial charge on any atom is -0.469 e. The minimum absolute atomic E-state index is 0.165. The number of carbonyl (C=O) groups excluding carboxylic acids is 1. The van der Waals surface area contributed by atoms with Crippen LogP contribution >= 0.6 is 0 Å². The van der Waals surface area contributed by atoms with Gasteiger partial charge in [-0.2, -0.15) is 0 Å². The van der Waals surface area contributed by atoms with E-state index in [-0.39, 0.29) is 24.0 Å². The van der Waals surface area contributed by atoms with Gasteiger partial charge in [-0.25, -0.2) is 0 Å². The number of esters is 1. The van der Waals surface area contributed by atoms with Gasteiger partial charge in [-0.3, -0.25) is 9.69 Å². The summed E-state index contributed by atoms with van der Waals surface area (Å²) in [7, 11) is 1.37. The molecular formula is C33H43NO4. The highest BCUT2D eigenvalue weighted by molar-refractivity contribution is 5.78. The fourth-order valence-corrected chi connectivity index (χ4v) is 6.37. The first-order valence-electron chi connectivity index (χ1n) is 14.0. The predicted molar refractivity (Wildman–Crippen MR) is 152 cm³/mol. The fraction of sp³-hybridized carbons (Fsp3) is 0.485. The number of unbranched alkanes of at least 4 members (excludes halogenated alkanes) is 1. The highest BCUT2D eigenvalue weighted by Gasteiger charge is 2.52. The number of rotatable bonds is 10. The van der Waals surface area contributed by atoms with E-state index >= 15 is 0 Å². The molecule has 0 bridgehead atoms. The number of aliphatic hydroxyl groups is 2. The Labute approximate surface area is 227 Å². The molecule has 5 heteroatoms. The Morgan fingerprint density at radius 3 is 2.29 bits per heavy atom. The lowest BCUT2D eigenvalue weighted by Gasteiger charge is -2.44. The maximum atomic E-state index is 12.5. The number of allylic oxidation sites excluding steroid dienone is 2. The smallest absolute Gasteiger partial charge is 0.314 e. The molecule has 2 aromatic rings. The molecule has 0 saturated carbocycles. The van der Waals surface area contributed by atoms with Crippen molar-refractivity contribution in [3.63, 3.8) is 0 Å². The molecule has 4 rings (SSSR count). The number of hydrogen-bond donors (Lipinski definition) is 2. The van der Waals surface area contributed by atoms with E-state index < -0.39 is 17.0 Å². The number of likely N-dealkylation sites (tertiary alicyclic amines) is 1. The number of ether oxygens (including phenoxy) is 1. The van der Waals surface area contributed by atoms with Crippen molar-refractivity contribution in [1.82, 2.24) is 4.90 Å². The lowest BCUT2D eigenvalue weighted by atomic mass is 9.65. The molecule has 1 aliphatic carbocycles. The van der Waals surface area contributed by atoms with Gasteiger partial charge in [0.15, 0.2) is 0 Å². The second-order valence-electron chi connectivity index (χ2n) is 11.4. The van der Waals surface area contributed by atoms with Crippen LogP contribution in [0.3, 0.4) is 0 Å². The van der Waals surface area contributed by atoms with E-state index in [1.807, 2.05) is 18.2 Å². The number of aliphatic hydroxyl groups excluding tert-OH is 1. The van der Waals surface area contributed by atoms with Crippen LogP contribution in [0.15, 0.2) is 85.0 Å². The molecule has 2 aromatic carbocycles. The molecule has 2 N–H and O–H groups in total. The zero-order chi connectivity index (χ0) is 27.2. The minimum atomic E-state index is -1.29. The molecular weight excluding hydrogens is 474 g/mol. The molecule has 0 amide bonds. The van der Waals surface area contributed by atoms with Gasteiger partial charge in [-0.15, -0.1) is 0 Å². The normalized spacial score (nSPS) is 26.0. The van der Waals surface area contributed by atoms with Crippen LogP contribution < -0.4 is 0 Å². The van der Waals surface area contributed by atoms with Gasteiger partial charge in [0, 0.05) is 24.4 Å². The lowest BCUT2D eigenvalue weighted by molar-refractivity contribution is -0.167. The molecule has 204 valence electrons. The van der Waals surface area contributed by atoms with Crippen molar-refractivity contribution in [2.24, 2.45) is 11.3 Å². The highest BCUT2D eigenvalue weighted by Crippen LogP contribution is 2.44. The Morgan fingerprint density at radius 2 is 1.68 bits per heavy atom. The molecule has 4 unspecified atom stereocenters. The van der Waals surface area contributed by atoms with E-state index in [2.05, 4.69) is 65.6 Å². The molecule has 2 aliphatic rings. The van der Waals surface area contributed by atoms with Gasteiger partial charge in [0.1, 0.15) is 5.60 Å². The molecule has 1 fully saturated rings. The molecule has 0 radical (unpaired) electrons. The van der Waals surface area contributed by atoms with Gasteiger partial charge in [0.2, 0.25) is 0 Å². The van der Waals surface area contributed by atoms with Gasteiger partial charge >= 0.3 is 5.97 Å². The summed E-state index contributed by atoms with van der Waals surface area (Å²) >= 11 is 0. The maximum absolute atomic E-state index is 12.5. The standard InChI is InChI=1S/C33H43NO4/c1-32(2,31(36)38-3)33(37)21-12-10-18-27(33)19-11-13-22-34-23-20-28(35)24-29(34)30(25-14-6-4-7-15-25)26-16-8-5-9-17-26/h4-10,12,14-18,21,27-30,35,37H,11,13,19-20,22-24H2,1-3H3. The molecule has 1 saturated heterocycles. The van der Waals surface area contributed by atoms with E-state index in [0.29, 0.717) is 0 Å². The van der Waals surface area contributed by atoms with Crippen LogP contribution in [-0.2, 0) is 9.53 Å². The average molecular weight is 518 g/mol. The quantitative estimate of drug-likeness (QED) is 0.322. The van der Waals surface area contributed by atoms with Crippen LogP contribution in [0.2, 0.25) is 0 Å². The summed E-state index contributed by atoms with van der Waals surface area (Å²) in [5, 5.41) is 22.3. The van der Waals surface area contributed by atoms with Crippen LogP contribution in [0.1, 0.15) is 63.0 Å². The van der Waals surface area contributed by atoms with Crippen LogP contribution in [0.5, 0.6) is 0 Å². The Morgan fingerprint density at radius 1 is 1.05 bits per heavy atom. The fourth-order valence-electron chi connectivity index (χ4n) is 6.37. The van der Waals surface area contributed by atoms with Crippen molar-refractivity contribution in [1.29, 1.82) is 0 Å². The van der Waals surface area contributed by atoms with Crippen LogP contribution in [0.25, 0.3) is 0 Å². The van der Waals surface area contributed by atoms with Crippen molar-refractivity contribution in [3.8, 4) is 0 Å². The Kier molecular flexibility index (Phi) is 9.24. The molecule has 1 aliphatic heterocycles. The zero-order valence-electron chi connectivity index (χ0n) is 23.0. The predicted octanol–water partition coefficient (Wildman–Crippen LogP) is 5.49. The van der Waals surface area contributed by atoms with Crippen LogP contribution in [0.4, 0.5) is 0 Å². The molecule has 1 heterocycles. The summed E-state index contributed by atoms with van der Waals surface area (Å²) in [6.45, 7) is 5.31. The van der Waals surface area contributed by atoms with Crippen LogP contribution in [0, 0.1) is 11.3 Å². The zero-order valence-corrected chi connectivity index (χ0v) is 23.0. The molecule has 0 spiro atoms. The van der Waals surface area contributed by atoms with E-state index in [0.717, 1.165) is 45.2 Å². The van der Waals surface area contributed by atoms with Crippen molar-refractivity contribution in [2.45, 2.75) is 69.6 Å². The summed E-state index contributed by atoms with van der Waals surface area (Å²) in [5.74, 6) is -0.390. The monoisotopic (exact) mass is 517 g/mol. The first kappa shape index (κ1) is 28.3. The third kappa shape index (κ3) is 5.96. The van der Waals surface area contributed by atoms with Gasteiger partial charge in [-0.1, -0.05) is 91.4 Å². The van der Waals surface area contributed by atoms with Gasteiger partial charge < -0.3 is 14.9 Å². The average Bonchev–Trinajstić information content (AvgIpc) is 2.93. The number of nitrogens with zero attached hydrogens (tertiary/aromatic N) is 1. The Balaban J connectivity index is 1.46. The van der Waals surface area contributed by atoms with E-state index in [4.69, 9.17) is 4.74 Å². The van der Waals surface area contributed by atoms with Crippen molar-refractivity contribution < 1.29 is 19.7 Å². The first-order valence-corrected chi connectivity index (χ1v) is 14.0.